The number of aryl methyl sites for hydroxylation is 2. The molecule has 0 N–H and O–H groups in total. The van der Waals surface area contributed by atoms with E-state index in [2.05, 4.69) is 127 Å². The van der Waals surface area contributed by atoms with Crippen LogP contribution in [-0.2, 0) is 26.5 Å². The second kappa shape index (κ2) is 10.6. The van der Waals surface area contributed by atoms with Gasteiger partial charge in [0.1, 0.15) is 12.1 Å². The van der Waals surface area contributed by atoms with Crippen LogP contribution in [0.3, 0.4) is 0 Å². The Morgan fingerprint density at radius 3 is 2.39 bits per heavy atom. The average molecular weight is 815 g/mol. The standard InChI is InChI=1S/C42H29N5O.Pt/c1-24-10-7-11-25(2)38(24)32-21-30-27-12-5-6-16-35(27)46-23-44-45-40(46)31(30)22-37(32)48-26-17-18-28-29-13-8-14-33-39(29)47(36(28)20-26)41-34(42(33,3)4)15-9-19-43-41;/h5-19,21,23H,1-4H3;/q-2;+2. The van der Waals surface area contributed by atoms with Gasteiger partial charge in [-0.2, -0.15) is 11.2 Å². The molecular formula is C42H29N5OPt. The number of hydrogen-bond donors (Lipinski definition) is 0. The van der Waals surface area contributed by atoms with Crippen molar-refractivity contribution in [2.45, 2.75) is 33.1 Å². The number of nitrogens with zero attached hydrogens (tertiary/aromatic N) is 5. The van der Waals surface area contributed by atoms with Crippen molar-refractivity contribution in [1.29, 1.82) is 0 Å². The third-order valence-corrected chi connectivity index (χ3v) is 10.2. The van der Waals surface area contributed by atoms with E-state index in [1.807, 2.05) is 28.8 Å². The maximum atomic E-state index is 6.90. The third kappa shape index (κ3) is 4.07. The molecule has 4 aromatic heterocycles. The van der Waals surface area contributed by atoms with Crippen LogP contribution in [0.25, 0.3) is 66.1 Å². The van der Waals surface area contributed by atoms with Crippen LogP contribution in [0.1, 0.15) is 36.1 Å². The minimum atomic E-state index is -0.190. The van der Waals surface area contributed by atoms with Crippen molar-refractivity contribution in [2.24, 2.45) is 0 Å². The second-order valence-corrected chi connectivity index (χ2v) is 13.3. The van der Waals surface area contributed by atoms with Gasteiger partial charge in [0, 0.05) is 39.7 Å². The summed E-state index contributed by atoms with van der Waals surface area (Å²) in [4.78, 5) is 4.91. The molecule has 10 rings (SSSR count). The zero-order chi connectivity index (χ0) is 32.3. The molecule has 0 unspecified atom stereocenters. The summed E-state index contributed by atoms with van der Waals surface area (Å²) in [6.45, 7) is 8.85. The first-order valence-electron chi connectivity index (χ1n) is 16.2. The Labute approximate surface area is 297 Å². The molecule has 238 valence electrons. The van der Waals surface area contributed by atoms with Crippen molar-refractivity contribution < 1.29 is 25.8 Å². The predicted octanol–water partition coefficient (Wildman–Crippen LogP) is 9.84. The molecule has 49 heavy (non-hydrogen) atoms. The Hall–Kier alpha value is -5.32. The number of benzene rings is 5. The molecule has 5 heterocycles. The topological polar surface area (TPSA) is 57.2 Å². The van der Waals surface area contributed by atoms with Crippen LogP contribution in [0, 0.1) is 26.0 Å². The van der Waals surface area contributed by atoms with E-state index in [9.17, 15) is 0 Å². The Morgan fingerprint density at radius 2 is 1.53 bits per heavy atom. The van der Waals surface area contributed by atoms with E-state index in [-0.39, 0.29) is 26.5 Å². The molecular weight excluding hydrogens is 786 g/mol. The molecule has 0 saturated carbocycles. The van der Waals surface area contributed by atoms with Crippen molar-refractivity contribution in [3.05, 3.63) is 138 Å². The van der Waals surface area contributed by atoms with Crippen molar-refractivity contribution >= 4 is 49.1 Å². The van der Waals surface area contributed by atoms with E-state index in [4.69, 9.17) is 9.72 Å². The first-order chi connectivity index (χ1) is 23.4. The fourth-order valence-electron chi connectivity index (χ4n) is 7.98. The number of para-hydroxylation sites is 2. The minimum Gasteiger partial charge on any atom is -0.502 e. The van der Waals surface area contributed by atoms with Crippen molar-refractivity contribution in [2.75, 3.05) is 0 Å². The van der Waals surface area contributed by atoms with Gasteiger partial charge in [-0.15, -0.1) is 28.7 Å². The summed E-state index contributed by atoms with van der Waals surface area (Å²) in [5.74, 6) is 2.15. The predicted molar refractivity (Wildman–Crippen MR) is 191 cm³/mol. The zero-order valence-electron chi connectivity index (χ0n) is 27.3. The van der Waals surface area contributed by atoms with Gasteiger partial charge in [-0.05, 0) is 42.3 Å². The van der Waals surface area contributed by atoms with Gasteiger partial charge in [-0.1, -0.05) is 119 Å². The van der Waals surface area contributed by atoms with E-state index < -0.39 is 0 Å². The Bertz CT molecular complexity index is 2810. The summed E-state index contributed by atoms with van der Waals surface area (Å²) < 4.78 is 11.2. The molecule has 0 aliphatic carbocycles. The molecule has 9 aromatic rings. The summed E-state index contributed by atoms with van der Waals surface area (Å²) in [6.07, 6.45) is 3.63. The molecule has 0 saturated heterocycles. The van der Waals surface area contributed by atoms with Gasteiger partial charge in [0.25, 0.3) is 0 Å². The van der Waals surface area contributed by atoms with Crippen LogP contribution in [0.15, 0.2) is 104 Å². The monoisotopic (exact) mass is 814 g/mol. The van der Waals surface area contributed by atoms with E-state index in [0.29, 0.717) is 11.5 Å². The zero-order valence-corrected chi connectivity index (χ0v) is 29.5. The summed E-state index contributed by atoms with van der Waals surface area (Å²) in [7, 11) is 0. The first kappa shape index (κ1) is 29.8. The van der Waals surface area contributed by atoms with Gasteiger partial charge in [-0.25, -0.2) is 4.98 Å². The fraction of sp³-hybridized carbons (Fsp3) is 0.119. The fourth-order valence-corrected chi connectivity index (χ4v) is 7.98. The van der Waals surface area contributed by atoms with Crippen LogP contribution in [0.2, 0.25) is 0 Å². The molecule has 1 aliphatic heterocycles. The number of rotatable bonds is 3. The van der Waals surface area contributed by atoms with E-state index in [1.54, 1.807) is 6.33 Å². The van der Waals surface area contributed by atoms with Gasteiger partial charge in [-0.3, -0.25) is 0 Å². The molecule has 0 radical (unpaired) electrons. The Balaban J connectivity index is 0.00000325. The number of fused-ring (bicyclic) bond motifs is 11. The molecule has 0 fully saturated rings. The summed E-state index contributed by atoms with van der Waals surface area (Å²) in [6, 6.07) is 39.3. The van der Waals surface area contributed by atoms with E-state index >= 15 is 0 Å². The van der Waals surface area contributed by atoms with E-state index in [1.165, 1.54) is 33.2 Å². The summed E-state index contributed by atoms with van der Waals surface area (Å²) in [5.41, 5.74) is 10.6. The molecule has 0 spiro atoms. The quantitative estimate of drug-likeness (QED) is 0.132. The van der Waals surface area contributed by atoms with Crippen molar-refractivity contribution in [3.8, 4) is 28.4 Å². The average Bonchev–Trinajstić information content (AvgIpc) is 3.72. The normalized spacial score (nSPS) is 13.3. The molecule has 6 nitrogen and oxygen atoms in total. The van der Waals surface area contributed by atoms with Gasteiger partial charge >= 0.3 is 21.1 Å². The third-order valence-electron chi connectivity index (χ3n) is 10.2. The molecule has 5 aromatic carbocycles. The van der Waals surface area contributed by atoms with E-state index in [0.717, 1.165) is 55.2 Å². The molecule has 7 heteroatoms. The number of aromatic nitrogens is 5. The smallest absolute Gasteiger partial charge is 0.502 e. The second-order valence-electron chi connectivity index (χ2n) is 13.3. The summed E-state index contributed by atoms with van der Waals surface area (Å²) in [5, 5.41) is 14.1. The first-order valence-corrected chi connectivity index (χ1v) is 16.2. The van der Waals surface area contributed by atoms with Crippen LogP contribution in [-0.4, -0.2) is 24.1 Å². The van der Waals surface area contributed by atoms with Crippen molar-refractivity contribution in [1.82, 2.24) is 24.1 Å². The van der Waals surface area contributed by atoms with Crippen LogP contribution in [0.5, 0.6) is 11.5 Å². The van der Waals surface area contributed by atoms with Gasteiger partial charge in [0.2, 0.25) is 0 Å². The maximum absolute atomic E-state index is 6.90. The summed E-state index contributed by atoms with van der Waals surface area (Å²) >= 11 is 0. The van der Waals surface area contributed by atoms with Crippen molar-refractivity contribution in [3.63, 3.8) is 0 Å². The van der Waals surface area contributed by atoms with Crippen LogP contribution >= 0.6 is 0 Å². The Morgan fingerprint density at radius 1 is 0.755 bits per heavy atom. The van der Waals surface area contributed by atoms with Gasteiger partial charge in [0.15, 0.2) is 0 Å². The SMILES string of the molecule is Cc1cccc(C)c1-c1cc2c([c-]c1Oc1[c-]c3c(cc1)c1cccc4c1n3-c1ncccc1C4(C)C)c1nncn1c1ccccc21.[Pt+2]. The minimum absolute atomic E-state index is 0. The van der Waals surface area contributed by atoms with Crippen LogP contribution < -0.4 is 4.74 Å². The number of pyridine rings is 2. The molecule has 0 amide bonds. The molecule has 1 aliphatic rings. The maximum Gasteiger partial charge on any atom is 2.00 e. The number of ether oxygens (including phenoxy) is 1. The van der Waals surface area contributed by atoms with Gasteiger partial charge < -0.3 is 13.7 Å². The molecule has 0 atom stereocenters. The number of hydrogen-bond acceptors (Lipinski definition) is 4. The largest absolute Gasteiger partial charge is 2.00 e. The molecule has 0 bridgehead atoms. The van der Waals surface area contributed by atoms with Crippen LogP contribution in [0.4, 0.5) is 0 Å². The Kier molecular flexibility index (Phi) is 6.44. The van der Waals surface area contributed by atoms with Gasteiger partial charge in [0.05, 0.1) is 5.65 Å².